The summed E-state index contributed by atoms with van der Waals surface area (Å²) in [6.07, 6.45) is 6.40. The molecule has 0 bridgehead atoms. The fourth-order valence-corrected chi connectivity index (χ4v) is 3.36. The molecule has 0 unspecified atom stereocenters. The lowest BCUT2D eigenvalue weighted by Gasteiger charge is -2.34. The van der Waals surface area contributed by atoms with Gasteiger partial charge in [-0.25, -0.2) is 0 Å². The summed E-state index contributed by atoms with van der Waals surface area (Å²) in [5, 5.41) is 0. The van der Waals surface area contributed by atoms with Gasteiger partial charge in [-0.05, 0) is 36.1 Å². The first-order valence-electron chi connectivity index (χ1n) is 8.63. The van der Waals surface area contributed by atoms with Crippen molar-refractivity contribution in [2.45, 2.75) is 4.90 Å². The highest BCUT2D eigenvalue weighted by Gasteiger charge is 2.21. The molecule has 3 nitrogen and oxygen atoms in total. The highest BCUT2D eigenvalue weighted by Crippen LogP contribution is 2.16. The molecule has 1 aliphatic rings. The molecule has 1 heterocycles. The van der Waals surface area contributed by atoms with Crippen molar-refractivity contribution < 1.29 is 4.79 Å². The van der Waals surface area contributed by atoms with Crippen molar-refractivity contribution in [3.05, 3.63) is 71.8 Å². The highest BCUT2D eigenvalue weighted by molar-refractivity contribution is 7.98. The second-order valence-electron chi connectivity index (χ2n) is 6.13. The molecule has 3 rings (SSSR count). The minimum absolute atomic E-state index is 0.145. The maximum atomic E-state index is 12.6. The third-order valence-electron chi connectivity index (χ3n) is 4.47. The molecule has 4 heteroatoms. The molecule has 2 aromatic carbocycles. The number of nitrogens with zero attached hydrogens (tertiary/aromatic N) is 2. The number of thioether (sulfide) groups is 1. The van der Waals surface area contributed by atoms with E-state index < -0.39 is 0 Å². The average molecular weight is 353 g/mol. The summed E-state index contributed by atoms with van der Waals surface area (Å²) in [6.45, 7) is 4.37. The third kappa shape index (κ3) is 4.97. The van der Waals surface area contributed by atoms with Crippen LogP contribution in [0.4, 0.5) is 0 Å². The van der Waals surface area contributed by atoms with E-state index in [1.807, 2.05) is 41.5 Å². The third-order valence-corrected chi connectivity index (χ3v) is 5.21. The Balaban J connectivity index is 1.47. The maximum absolute atomic E-state index is 12.6. The van der Waals surface area contributed by atoms with Gasteiger partial charge in [-0.15, -0.1) is 11.8 Å². The molecule has 25 heavy (non-hydrogen) atoms. The lowest BCUT2D eigenvalue weighted by Crippen LogP contribution is -2.48. The average Bonchev–Trinajstić information content (AvgIpc) is 2.69. The van der Waals surface area contributed by atoms with Gasteiger partial charge in [0, 0.05) is 43.2 Å². The van der Waals surface area contributed by atoms with Crippen LogP contribution in [-0.4, -0.2) is 54.7 Å². The molecule has 2 aromatic rings. The molecule has 0 N–H and O–H groups in total. The maximum Gasteiger partial charge on any atom is 0.253 e. The van der Waals surface area contributed by atoms with Crippen LogP contribution in [0.15, 0.2) is 65.6 Å². The number of benzene rings is 2. The van der Waals surface area contributed by atoms with Gasteiger partial charge in [0.1, 0.15) is 0 Å². The molecule has 0 atom stereocenters. The zero-order chi connectivity index (χ0) is 17.5. The first-order chi connectivity index (χ1) is 12.3. The van der Waals surface area contributed by atoms with Gasteiger partial charge >= 0.3 is 0 Å². The number of carbonyl (C=O) groups is 1. The van der Waals surface area contributed by atoms with Crippen LogP contribution in [0.25, 0.3) is 6.08 Å². The lowest BCUT2D eigenvalue weighted by molar-refractivity contribution is 0.0650. The van der Waals surface area contributed by atoms with Crippen molar-refractivity contribution in [1.82, 2.24) is 9.80 Å². The van der Waals surface area contributed by atoms with E-state index >= 15 is 0 Å². The Hall–Kier alpha value is -2.04. The summed E-state index contributed by atoms with van der Waals surface area (Å²) in [4.78, 5) is 18.1. The largest absolute Gasteiger partial charge is 0.336 e. The summed E-state index contributed by atoms with van der Waals surface area (Å²) in [6, 6.07) is 18.2. The van der Waals surface area contributed by atoms with Crippen LogP contribution in [0.2, 0.25) is 0 Å². The first-order valence-corrected chi connectivity index (χ1v) is 9.86. The Morgan fingerprint density at radius 3 is 2.32 bits per heavy atom. The second kappa shape index (κ2) is 8.88. The Morgan fingerprint density at radius 2 is 1.68 bits per heavy atom. The molecule has 1 saturated heterocycles. The summed E-state index contributed by atoms with van der Waals surface area (Å²) < 4.78 is 0. The fraction of sp³-hybridized carbons (Fsp3) is 0.286. The van der Waals surface area contributed by atoms with E-state index in [0.717, 1.165) is 38.3 Å². The number of hydrogen-bond acceptors (Lipinski definition) is 3. The van der Waals surface area contributed by atoms with E-state index in [0.29, 0.717) is 0 Å². The van der Waals surface area contributed by atoms with Crippen LogP contribution in [0.3, 0.4) is 0 Å². The minimum atomic E-state index is 0.145. The Kier molecular flexibility index (Phi) is 6.31. The van der Waals surface area contributed by atoms with Gasteiger partial charge in [0.2, 0.25) is 0 Å². The number of hydrogen-bond donors (Lipinski definition) is 0. The summed E-state index contributed by atoms with van der Waals surface area (Å²) in [5.74, 6) is 0.145. The predicted molar refractivity (Wildman–Crippen MR) is 106 cm³/mol. The quantitative estimate of drug-likeness (QED) is 0.763. The van der Waals surface area contributed by atoms with Crippen molar-refractivity contribution >= 4 is 23.7 Å². The Morgan fingerprint density at radius 1 is 1.00 bits per heavy atom. The first kappa shape index (κ1) is 17.8. The number of rotatable bonds is 5. The van der Waals surface area contributed by atoms with Gasteiger partial charge in [-0.3, -0.25) is 9.69 Å². The molecule has 0 spiro atoms. The van der Waals surface area contributed by atoms with Crippen molar-refractivity contribution in [3.8, 4) is 0 Å². The summed E-state index contributed by atoms with van der Waals surface area (Å²) >= 11 is 1.69. The van der Waals surface area contributed by atoms with E-state index in [2.05, 4.69) is 41.3 Å². The number of amides is 1. The molecular formula is C21H24N2OS. The molecule has 0 saturated carbocycles. The van der Waals surface area contributed by atoms with Gasteiger partial charge in [-0.1, -0.05) is 42.5 Å². The predicted octanol–water partition coefficient (Wildman–Crippen LogP) is 3.88. The van der Waals surface area contributed by atoms with Gasteiger partial charge in [0.15, 0.2) is 0 Å². The summed E-state index contributed by atoms with van der Waals surface area (Å²) in [5.41, 5.74) is 2.01. The van der Waals surface area contributed by atoms with Crippen LogP contribution in [0.5, 0.6) is 0 Å². The van der Waals surface area contributed by atoms with Gasteiger partial charge in [0.05, 0.1) is 0 Å². The summed E-state index contributed by atoms with van der Waals surface area (Å²) in [7, 11) is 0. The molecule has 1 fully saturated rings. The lowest BCUT2D eigenvalue weighted by atomic mass is 10.2. The van der Waals surface area contributed by atoms with E-state index in [4.69, 9.17) is 0 Å². The van der Waals surface area contributed by atoms with Crippen molar-refractivity contribution in [3.63, 3.8) is 0 Å². The highest BCUT2D eigenvalue weighted by atomic mass is 32.2. The van der Waals surface area contributed by atoms with Crippen molar-refractivity contribution in [1.29, 1.82) is 0 Å². The van der Waals surface area contributed by atoms with Crippen LogP contribution in [0, 0.1) is 0 Å². The molecule has 1 amide bonds. The molecular weight excluding hydrogens is 328 g/mol. The molecule has 130 valence electrons. The van der Waals surface area contributed by atoms with E-state index in [1.165, 1.54) is 10.5 Å². The van der Waals surface area contributed by atoms with Gasteiger partial charge < -0.3 is 4.90 Å². The number of piperazine rings is 1. The Bertz CT molecular complexity index is 704. The van der Waals surface area contributed by atoms with E-state index in [9.17, 15) is 4.79 Å². The molecule has 0 aliphatic carbocycles. The van der Waals surface area contributed by atoms with Crippen LogP contribution in [-0.2, 0) is 0 Å². The van der Waals surface area contributed by atoms with Crippen LogP contribution < -0.4 is 0 Å². The van der Waals surface area contributed by atoms with Gasteiger partial charge in [-0.2, -0.15) is 0 Å². The number of carbonyl (C=O) groups excluding carboxylic acids is 1. The topological polar surface area (TPSA) is 23.6 Å². The minimum Gasteiger partial charge on any atom is -0.336 e. The second-order valence-corrected chi connectivity index (χ2v) is 7.01. The van der Waals surface area contributed by atoms with E-state index in [1.54, 1.807) is 11.8 Å². The normalized spacial score (nSPS) is 15.6. The van der Waals surface area contributed by atoms with Crippen molar-refractivity contribution in [2.75, 3.05) is 39.0 Å². The van der Waals surface area contributed by atoms with Crippen LogP contribution >= 0.6 is 11.8 Å². The SMILES string of the molecule is CSc1ccc(C(=O)N2CCN(C/C=C/c3ccccc3)CC2)cc1. The smallest absolute Gasteiger partial charge is 0.253 e. The molecule has 0 aromatic heterocycles. The zero-order valence-corrected chi connectivity index (χ0v) is 15.4. The zero-order valence-electron chi connectivity index (χ0n) is 14.6. The van der Waals surface area contributed by atoms with E-state index in [-0.39, 0.29) is 5.91 Å². The van der Waals surface area contributed by atoms with Crippen molar-refractivity contribution in [2.24, 2.45) is 0 Å². The molecule has 0 radical (unpaired) electrons. The standard InChI is InChI=1S/C21H24N2OS/c1-25-20-11-9-19(10-12-20)21(24)23-16-14-22(15-17-23)13-5-8-18-6-3-2-4-7-18/h2-12H,13-17H2,1H3/b8-5+. The molecule has 1 aliphatic heterocycles. The monoisotopic (exact) mass is 352 g/mol. The fourth-order valence-electron chi connectivity index (χ4n) is 2.95. The van der Waals surface area contributed by atoms with Gasteiger partial charge in [0.25, 0.3) is 5.91 Å². The Labute approximate surface area is 154 Å². The van der Waals surface area contributed by atoms with Crippen LogP contribution in [0.1, 0.15) is 15.9 Å².